The molecule has 1 saturated heterocycles. The Balaban J connectivity index is 1.92. The summed E-state index contributed by atoms with van der Waals surface area (Å²) in [5.41, 5.74) is 0. The Morgan fingerprint density at radius 3 is 2.80 bits per heavy atom. The zero-order valence-electron chi connectivity index (χ0n) is 14.6. The third-order valence-electron chi connectivity index (χ3n) is 4.33. The summed E-state index contributed by atoms with van der Waals surface area (Å²) in [6, 6.07) is 1.44. The van der Waals surface area contributed by atoms with E-state index in [1.165, 1.54) is 38.4 Å². The Morgan fingerprint density at radius 1 is 1.48 bits per heavy atom. The number of nitrogens with zero attached hydrogens (tertiary/aromatic N) is 2. The number of hydrogen-bond acceptors (Lipinski definition) is 6. The number of hydrogen-bond donors (Lipinski definition) is 2. The van der Waals surface area contributed by atoms with Crippen molar-refractivity contribution in [2.75, 3.05) is 26.2 Å². The van der Waals surface area contributed by atoms with E-state index in [2.05, 4.69) is 10.1 Å². The van der Waals surface area contributed by atoms with Crippen LogP contribution in [0.25, 0.3) is 0 Å². The molecule has 8 nitrogen and oxygen atoms in total. The smallest absolute Gasteiger partial charge is 0.229 e. The van der Waals surface area contributed by atoms with Crippen LogP contribution in [0, 0.1) is 0 Å². The van der Waals surface area contributed by atoms with Crippen LogP contribution in [-0.4, -0.2) is 61.8 Å². The lowest BCUT2D eigenvalue weighted by Crippen LogP contribution is -2.33. The van der Waals surface area contributed by atoms with Gasteiger partial charge in [0.1, 0.15) is 16.1 Å². The lowest BCUT2D eigenvalue weighted by atomic mass is 10.1. The number of carbonyl (C=O) groups is 1. The Hall–Kier alpha value is -1.26. The Labute approximate surface area is 148 Å². The van der Waals surface area contributed by atoms with Crippen LogP contribution in [0.1, 0.15) is 49.6 Å². The lowest BCUT2D eigenvalue weighted by molar-refractivity contribution is 0.0371. The van der Waals surface area contributed by atoms with Crippen molar-refractivity contribution in [3.8, 4) is 0 Å². The van der Waals surface area contributed by atoms with Crippen molar-refractivity contribution >= 4 is 20.6 Å². The van der Waals surface area contributed by atoms with Crippen molar-refractivity contribution < 1.29 is 22.8 Å². The molecule has 25 heavy (non-hydrogen) atoms. The van der Waals surface area contributed by atoms with Gasteiger partial charge in [0, 0.05) is 30.5 Å². The van der Waals surface area contributed by atoms with Crippen molar-refractivity contribution in [2.45, 2.75) is 45.1 Å². The van der Waals surface area contributed by atoms with E-state index in [-0.39, 0.29) is 17.0 Å². The molecule has 1 aliphatic rings. The predicted molar refractivity (Wildman–Crippen MR) is 95.7 cm³/mol. The Bertz CT molecular complexity index is 653. The highest BCUT2D eigenvalue weighted by Gasteiger charge is 2.25. The second-order valence-electron chi connectivity index (χ2n) is 6.33. The minimum absolute atomic E-state index is 0.0327. The van der Waals surface area contributed by atoms with Gasteiger partial charge in [-0.25, -0.2) is 9.35 Å². The molecule has 0 radical (unpaired) electrons. The fraction of sp³-hybridized carbons (Fsp3) is 0.688. The molecule has 0 spiro atoms. The molecule has 3 N–H and O–H groups in total. The number of aromatic nitrogens is 1. The van der Waals surface area contributed by atoms with Gasteiger partial charge in [0.05, 0.1) is 6.20 Å². The molecule has 0 aromatic carbocycles. The molecule has 0 bridgehead atoms. The van der Waals surface area contributed by atoms with Gasteiger partial charge in [0.15, 0.2) is 0 Å². The summed E-state index contributed by atoms with van der Waals surface area (Å²) in [6.07, 6.45) is 4.95. The molecule has 1 aliphatic heterocycles. The van der Waals surface area contributed by atoms with Gasteiger partial charge in [-0.2, -0.15) is 0 Å². The molecule has 0 saturated carbocycles. The second kappa shape index (κ2) is 9.44. The summed E-state index contributed by atoms with van der Waals surface area (Å²) < 4.78 is 31.6. The van der Waals surface area contributed by atoms with Gasteiger partial charge >= 0.3 is 0 Å². The Kier molecular flexibility index (Phi) is 7.57. The van der Waals surface area contributed by atoms with E-state index in [4.69, 9.17) is 14.4 Å². The molecule has 1 aromatic rings. The van der Waals surface area contributed by atoms with Crippen molar-refractivity contribution in [2.24, 2.45) is 5.14 Å². The summed E-state index contributed by atoms with van der Waals surface area (Å²) in [6.45, 7) is 4.95. The number of rotatable bonds is 9. The van der Waals surface area contributed by atoms with Gasteiger partial charge in [-0.1, -0.05) is 11.6 Å². The molecule has 1 fully saturated rings. The van der Waals surface area contributed by atoms with Gasteiger partial charge in [0.2, 0.25) is 11.5 Å². The number of nitrogens with two attached hydrogens (primary N) is 1. The topological polar surface area (TPSA) is 119 Å². The quantitative estimate of drug-likeness (QED) is 0.381. The maximum Gasteiger partial charge on any atom is 0.229 e. The number of likely N-dealkylation sites (tertiary alicyclic amines) is 1. The molecule has 9 heteroatoms. The SMILES string of the molecule is CC(CC(OCCCN1CCCCC1)C(=O)c1ccno1)=S(N)(=O)O. The van der Waals surface area contributed by atoms with Crippen LogP contribution in [0.15, 0.2) is 16.8 Å². The molecular formula is C16H27N3O5S. The van der Waals surface area contributed by atoms with Crippen LogP contribution in [-0.2, 0) is 14.7 Å². The van der Waals surface area contributed by atoms with Crippen LogP contribution in [0.2, 0.25) is 0 Å². The lowest BCUT2D eigenvalue weighted by Gasteiger charge is -2.26. The van der Waals surface area contributed by atoms with Crippen LogP contribution in [0.4, 0.5) is 0 Å². The second-order valence-corrected chi connectivity index (χ2v) is 8.17. The first-order chi connectivity index (χ1) is 11.9. The monoisotopic (exact) mass is 373 g/mol. The standard InChI is InChI=1S/C16H27N3O5S/c1-13(25(17,21)22)12-15(16(20)14-6-7-18-24-14)23-11-5-10-19-8-3-2-4-9-19/h6-7,15H,2-5,8-12H2,1H3,(H3,17,21,22). The van der Waals surface area contributed by atoms with Crippen molar-refractivity contribution in [3.05, 3.63) is 18.0 Å². The van der Waals surface area contributed by atoms with Crippen molar-refractivity contribution in [1.29, 1.82) is 0 Å². The van der Waals surface area contributed by atoms with Crippen LogP contribution >= 0.6 is 0 Å². The zero-order chi connectivity index (χ0) is 18.3. The van der Waals surface area contributed by atoms with Crippen LogP contribution in [0.3, 0.4) is 0 Å². The fourth-order valence-corrected chi connectivity index (χ4v) is 3.20. The predicted octanol–water partition coefficient (Wildman–Crippen LogP) is 1.33. The molecule has 1 aromatic heterocycles. The van der Waals surface area contributed by atoms with Crippen molar-refractivity contribution in [1.82, 2.24) is 10.1 Å². The first-order valence-corrected chi connectivity index (χ1v) is 10.1. The maximum atomic E-state index is 12.5. The van der Waals surface area contributed by atoms with E-state index in [1.807, 2.05) is 0 Å². The number of ketones is 1. The van der Waals surface area contributed by atoms with Gasteiger partial charge in [-0.15, -0.1) is 0 Å². The molecule has 2 rings (SSSR count). The Morgan fingerprint density at radius 2 is 2.20 bits per heavy atom. The minimum atomic E-state index is -3.57. The molecular weight excluding hydrogens is 346 g/mol. The molecule has 2 unspecified atom stereocenters. The van der Waals surface area contributed by atoms with E-state index in [9.17, 15) is 13.6 Å². The van der Waals surface area contributed by atoms with Crippen LogP contribution < -0.4 is 5.14 Å². The summed E-state index contributed by atoms with van der Waals surface area (Å²) in [4.78, 5) is 15.0. The molecule has 0 aliphatic carbocycles. The van der Waals surface area contributed by atoms with Crippen molar-refractivity contribution in [3.63, 3.8) is 0 Å². The number of piperidine rings is 1. The summed E-state index contributed by atoms with van der Waals surface area (Å²) >= 11 is 0. The summed E-state index contributed by atoms with van der Waals surface area (Å²) in [7, 11) is -3.57. The van der Waals surface area contributed by atoms with E-state index in [1.54, 1.807) is 0 Å². The number of ether oxygens (including phenoxy) is 1. The normalized spacial score (nSPS) is 19.3. The summed E-state index contributed by atoms with van der Waals surface area (Å²) in [5.74, 6) is -0.339. The average molecular weight is 373 g/mol. The minimum Gasteiger partial charge on any atom is -0.370 e. The maximum absolute atomic E-state index is 12.5. The van der Waals surface area contributed by atoms with E-state index >= 15 is 0 Å². The molecule has 142 valence electrons. The fourth-order valence-electron chi connectivity index (χ4n) is 2.81. The third kappa shape index (κ3) is 6.52. The molecule has 2 heterocycles. The largest absolute Gasteiger partial charge is 0.370 e. The first-order valence-electron chi connectivity index (χ1n) is 8.53. The van der Waals surface area contributed by atoms with E-state index in [0.29, 0.717) is 6.61 Å². The third-order valence-corrected chi connectivity index (χ3v) is 5.50. The highest BCUT2D eigenvalue weighted by atomic mass is 32.2. The van der Waals surface area contributed by atoms with E-state index < -0.39 is 21.9 Å². The van der Waals surface area contributed by atoms with Crippen LogP contribution in [0.5, 0.6) is 0 Å². The molecule has 2 atom stereocenters. The highest BCUT2D eigenvalue weighted by Crippen LogP contribution is 2.13. The summed E-state index contributed by atoms with van der Waals surface area (Å²) in [5, 5.41) is 8.75. The zero-order valence-corrected chi connectivity index (χ0v) is 15.4. The van der Waals surface area contributed by atoms with Gasteiger partial charge in [-0.05, 0) is 39.3 Å². The first kappa shape index (κ1) is 20.1. The van der Waals surface area contributed by atoms with E-state index in [0.717, 1.165) is 26.1 Å². The average Bonchev–Trinajstić information content (AvgIpc) is 3.11. The number of carbonyl (C=O) groups excluding carboxylic acids is 1. The van der Waals surface area contributed by atoms with Gasteiger partial charge < -0.3 is 18.7 Å². The highest BCUT2D eigenvalue weighted by molar-refractivity contribution is 7.95. The van der Waals surface area contributed by atoms with Gasteiger partial charge in [0.25, 0.3) is 0 Å². The number of Topliss-reactive ketones (excluding diaryl/α,β-unsaturated/α-hetero) is 1. The molecule has 0 amide bonds. The van der Waals surface area contributed by atoms with Gasteiger partial charge in [-0.3, -0.25) is 4.79 Å².